The number of pyridine rings is 1. The number of hydrogen-bond acceptors (Lipinski definition) is 5. The van der Waals surface area contributed by atoms with Crippen molar-refractivity contribution in [3.8, 4) is 0 Å². The molecule has 0 saturated carbocycles. The third-order valence-electron chi connectivity index (χ3n) is 2.50. The summed E-state index contributed by atoms with van der Waals surface area (Å²) in [4.78, 5) is 13.7. The van der Waals surface area contributed by atoms with Crippen LogP contribution in [0.25, 0.3) is 0 Å². The molecule has 0 bridgehead atoms. The van der Waals surface area contributed by atoms with Gasteiger partial charge < -0.3 is 0 Å². The average molecular weight is 293 g/mol. The second kappa shape index (κ2) is 5.25. The van der Waals surface area contributed by atoms with Crippen molar-refractivity contribution in [2.24, 2.45) is 0 Å². The summed E-state index contributed by atoms with van der Waals surface area (Å²) in [6.45, 7) is 1.65. The van der Waals surface area contributed by atoms with Crippen LogP contribution in [0.5, 0.6) is 0 Å². The third-order valence-corrected chi connectivity index (χ3v) is 3.91. The molecule has 0 radical (unpaired) electrons. The Morgan fingerprint density at radius 1 is 1.25 bits per heavy atom. The first-order valence-electron chi connectivity index (χ1n) is 5.59. The van der Waals surface area contributed by atoms with Gasteiger partial charge in [-0.1, -0.05) is 12.1 Å². The number of nitro groups is 1. The zero-order valence-electron chi connectivity index (χ0n) is 10.5. The van der Waals surface area contributed by atoms with Crippen molar-refractivity contribution in [3.05, 3.63) is 58.3 Å². The molecule has 0 aliphatic heterocycles. The molecule has 0 spiro atoms. The zero-order chi connectivity index (χ0) is 14.8. The number of anilines is 1. The lowest BCUT2D eigenvalue weighted by molar-refractivity contribution is -0.387. The largest absolute Gasteiger partial charge is 0.290 e. The minimum Gasteiger partial charge on any atom is -0.263 e. The standard InChI is InChI=1S/C12H11N3O4S/c1-9-5-6-11(10(8-9)15(16)17)20(18,19)14-12-4-2-3-7-13-12/h2-8H,1H3,(H,13,14). The summed E-state index contributed by atoms with van der Waals surface area (Å²) in [6.07, 6.45) is 1.42. The van der Waals surface area contributed by atoms with E-state index in [0.29, 0.717) is 5.56 Å². The highest BCUT2D eigenvalue weighted by Gasteiger charge is 2.26. The minimum atomic E-state index is -4.06. The second-order valence-electron chi connectivity index (χ2n) is 4.05. The smallest absolute Gasteiger partial charge is 0.263 e. The summed E-state index contributed by atoms with van der Waals surface area (Å²) in [6, 6.07) is 8.61. The molecule has 0 saturated heterocycles. The Morgan fingerprint density at radius 3 is 2.60 bits per heavy atom. The van der Waals surface area contributed by atoms with Crippen molar-refractivity contribution in [1.82, 2.24) is 4.98 Å². The number of sulfonamides is 1. The molecule has 0 fully saturated rings. The molecule has 0 amide bonds. The van der Waals surface area contributed by atoms with Crippen LogP contribution < -0.4 is 4.72 Å². The van der Waals surface area contributed by atoms with Crippen LogP contribution in [0, 0.1) is 17.0 Å². The predicted molar refractivity (Wildman–Crippen MR) is 72.9 cm³/mol. The van der Waals surface area contributed by atoms with Gasteiger partial charge in [-0.15, -0.1) is 0 Å². The van der Waals surface area contributed by atoms with Crippen molar-refractivity contribution < 1.29 is 13.3 Å². The highest BCUT2D eigenvalue weighted by atomic mass is 32.2. The predicted octanol–water partition coefficient (Wildman–Crippen LogP) is 2.10. The summed E-state index contributed by atoms with van der Waals surface area (Å²) in [5.74, 6) is 0.0994. The van der Waals surface area contributed by atoms with Gasteiger partial charge in [0.25, 0.3) is 15.7 Å². The molecule has 2 rings (SSSR count). The van der Waals surface area contributed by atoms with Crippen LogP contribution in [0.3, 0.4) is 0 Å². The van der Waals surface area contributed by atoms with Gasteiger partial charge in [-0.05, 0) is 30.7 Å². The van der Waals surface area contributed by atoms with Crippen LogP contribution in [-0.2, 0) is 10.0 Å². The van der Waals surface area contributed by atoms with Gasteiger partial charge in [0.2, 0.25) is 0 Å². The maximum atomic E-state index is 12.2. The van der Waals surface area contributed by atoms with E-state index in [1.807, 2.05) is 0 Å². The highest BCUT2D eigenvalue weighted by molar-refractivity contribution is 7.92. The van der Waals surface area contributed by atoms with Crippen LogP contribution in [0.2, 0.25) is 0 Å². The normalized spacial score (nSPS) is 11.1. The first-order valence-corrected chi connectivity index (χ1v) is 7.07. The van der Waals surface area contributed by atoms with Crippen molar-refractivity contribution in [3.63, 3.8) is 0 Å². The molecule has 0 aliphatic rings. The van der Waals surface area contributed by atoms with E-state index in [-0.39, 0.29) is 5.82 Å². The molecule has 1 N–H and O–H groups in total. The Bertz CT molecular complexity index is 745. The number of nitrogens with one attached hydrogen (secondary N) is 1. The third kappa shape index (κ3) is 2.91. The average Bonchev–Trinajstić information content (AvgIpc) is 2.38. The van der Waals surface area contributed by atoms with Gasteiger partial charge in [0.15, 0.2) is 4.90 Å². The van der Waals surface area contributed by atoms with E-state index in [1.54, 1.807) is 19.1 Å². The van der Waals surface area contributed by atoms with E-state index in [0.717, 1.165) is 0 Å². The van der Waals surface area contributed by atoms with Gasteiger partial charge in [-0.25, -0.2) is 13.4 Å². The Labute approximate surface area is 115 Å². The number of rotatable bonds is 4. The minimum absolute atomic E-state index is 0.0994. The molecule has 7 nitrogen and oxygen atoms in total. The number of aryl methyl sites for hydroxylation is 1. The van der Waals surface area contributed by atoms with Gasteiger partial charge in [-0.2, -0.15) is 0 Å². The van der Waals surface area contributed by atoms with Crippen molar-refractivity contribution in [2.45, 2.75) is 11.8 Å². The molecule has 104 valence electrons. The van der Waals surface area contributed by atoms with E-state index in [2.05, 4.69) is 9.71 Å². The maximum absolute atomic E-state index is 12.2. The SMILES string of the molecule is Cc1ccc(S(=O)(=O)Nc2ccccn2)c([N+](=O)[O-])c1. The monoisotopic (exact) mass is 293 g/mol. The van der Waals surface area contributed by atoms with E-state index in [9.17, 15) is 18.5 Å². The second-order valence-corrected chi connectivity index (χ2v) is 5.70. The lowest BCUT2D eigenvalue weighted by Gasteiger charge is -2.08. The van der Waals surface area contributed by atoms with Crippen LogP contribution in [0.4, 0.5) is 11.5 Å². The number of hydrogen-bond donors (Lipinski definition) is 1. The molecule has 1 aromatic carbocycles. The summed E-state index contributed by atoms with van der Waals surface area (Å²) < 4.78 is 26.6. The van der Waals surface area contributed by atoms with Gasteiger partial charge in [-0.3, -0.25) is 14.8 Å². The molecule has 1 heterocycles. The van der Waals surface area contributed by atoms with E-state index in [4.69, 9.17) is 0 Å². The summed E-state index contributed by atoms with van der Waals surface area (Å²) in [5.41, 5.74) is 0.141. The van der Waals surface area contributed by atoms with Crippen molar-refractivity contribution in [2.75, 3.05) is 4.72 Å². The molecule has 20 heavy (non-hydrogen) atoms. The van der Waals surface area contributed by atoms with Crippen LogP contribution in [0.1, 0.15) is 5.56 Å². The summed E-state index contributed by atoms with van der Waals surface area (Å²) >= 11 is 0. The topological polar surface area (TPSA) is 102 Å². The Balaban J connectivity index is 2.47. The van der Waals surface area contributed by atoms with Gasteiger partial charge in [0.05, 0.1) is 4.92 Å². The van der Waals surface area contributed by atoms with E-state index in [1.165, 1.54) is 30.5 Å². The molecule has 0 unspecified atom stereocenters. The van der Waals surface area contributed by atoms with Gasteiger partial charge in [0, 0.05) is 12.3 Å². The number of nitrogens with zero attached hydrogens (tertiary/aromatic N) is 2. The first-order chi connectivity index (χ1) is 9.40. The van der Waals surface area contributed by atoms with Crippen LogP contribution in [-0.4, -0.2) is 18.3 Å². The Morgan fingerprint density at radius 2 is 2.00 bits per heavy atom. The van der Waals surface area contributed by atoms with Crippen LogP contribution in [0.15, 0.2) is 47.5 Å². The fourth-order valence-electron chi connectivity index (χ4n) is 1.61. The first kappa shape index (κ1) is 13.9. The Hall–Kier alpha value is -2.48. The molecular formula is C12H11N3O4S. The molecule has 8 heteroatoms. The summed E-state index contributed by atoms with van der Waals surface area (Å²) in [5, 5.41) is 11.0. The van der Waals surface area contributed by atoms with Gasteiger partial charge in [0.1, 0.15) is 5.82 Å². The number of aromatic nitrogens is 1. The highest BCUT2D eigenvalue weighted by Crippen LogP contribution is 2.26. The van der Waals surface area contributed by atoms with E-state index >= 15 is 0 Å². The summed E-state index contributed by atoms with van der Waals surface area (Å²) in [7, 11) is -4.06. The fraction of sp³-hybridized carbons (Fsp3) is 0.0833. The zero-order valence-corrected chi connectivity index (χ0v) is 11.3. The Kier molecular flexibility index (Phi) is 3.66. The van der Waals surface area contributed by atoms with Crippen molar-refractivity contribution in [1.29, 1.82) is 0 Å². The lowest BCUT2D eigenvalue weighted by Crippen LogP contribution is -2.15. The lowest BCUT2D eigenvalue weighted by atomic mass is 10.2. The quantitative estimate of drug-likeness (QED) is 0.687. The molecule has 2 aromatic rings. The maximum Gasteiger partial charge on any atom is 0.290 e. The molecular weight excluding hydrogens is 282 g/mol. The van der Waals surface area contributed by atoms with Gasteiger partial charge >= 0.3 is 0 Å². The molecule has 0 aliphatic carbocycles. The number of benzene rings is 1. The number of nitro benzene ring substituents is 1. The van der Waals surface area contributed by atoms with Crippen molar-refractivity contribution >= 4 is 21.5 Å². The van der Waals surface area contributed by atoms with E-state index < -0.39 is 25.5 Å². The van der Waals surface area contributed by atoms with Crippen LogP contribution >= 0.6 is 0 Å². The fourth-order valence-corrected chi connectivity index (χ4v) is 2.78. The molecule has 0 atom stereocenters. The molecule has 1 aromatic heterocycles.